The van der Waals surface area contributed by atoms with Gasteiger partial charge in [0.25, 0.3) is 0 Å². The van der Waals surface area contributed by atoms with Gasteiger partial charge in [-0.1, -0.05) is 28.9 Å². The van der Waals surface area contributed by atoms with E-state index in [1.807, 2.05) is 0 Å². The number of anilines is 1. The van der Waals surface area contributed by atoms with Crippen LogP contribution in [0.5, 0.6) is 0 Å². The van der Waals surface area contributed by atoms with Gasteiger partial charge in [0.2, 0.25) is 5.91 Å². The lowest BCUT2D eigenvalue weighted by Gasteiger charge is -2.30. The molecule has 1 aliphatic rings. The first-order valence-corrected chi connectivity index (χ1v) is 7.51. The van der Waals surface area contributed by atoms with Crippen LogP contribution in [0.15, 0.2) is 22.7 Å². The predicted octanol–water partition coefficient (Wildman–Crippen LogP) is 1.88. The van der Waals surface area contributed by atoms with Crippen molar-refractivity contribution in [3.63, 3.8) is 0 Å². The Labute approximate surface area is 122 Å². The van der Waals surface area contributed by atoms with E-state index < -0.39 is 0 Å². The van der Waals surface area contributed by atoms with Crippen molar-refractivity contribution in [1.29, 1.82) is 0 Å². The molecule has 1 fully saturated rings. The zero-order valence-corrected chi connectivity index (χ0v) is 12.8. The third-order valence-corrected chi connectivity index (χ3v) is 3.66. The Hall–Kier alpha value is -1.07. The summed E-state index contributed by atoms with van der Waals surface area (Å²) in [5.74, 6) is 0.0960. The third-order valence-electron chi connectivity index (χ3n) is 3.17. The fraction of sp³-hybridized carbons (Fsp3) is 0.500. The van der Waals surface area contributed by atoms with E-state index in [-0.39, 0.29) is 5.91 Å². The number of hydrogen-bond donors (Lipinski definition) is 2. The second-order valence-electron chi connectivity index (χ2n) is 4.72. The van der Waals surface area contributed by atoms with Gasteiger partial charge in [0, 0.05) is 29.8 Å². The average Bonchev–Trinajstić information content (AvgIpc) is 2.40. The molecule has 104 valence electrons. The van der Waals surface area contributed by atoms with E-state index in [0.717, 1.165) is 36.2 Å². The molecule has 1 aliphatic heterocycles. The smallest absolute Gasteiger partial charge is 0.239 e. The van der Waals surface area contributed by atoms with Gasteiger partial charge in [0.05, 0.1) is 6.54 Å². The van der Waals surface area contributed by atoms with Crippen LogP contribution in [0.2, 0.25) is 0 Å². The molecule has 0 bridgehead atoms. The lowest BCUT2D eigenvalue weighted by Crippen LogP contribution is -2.48. The maximum Gasteiger partial charge on any atom is 0.239 e. The van der Waals surface area contributed by atoms with Crippen LogP contribution in [0, 0.1) is 0 Å². The van der Waals surface area contributed by atoms with E-state index in [1.54, 1.807) is 0 Å². The molecule has 2 rings (SSSR count). The van der Waals surface area contributed by atoms with E-state index in [4.69, 9.17) is 0 Å². The highest BCUT2D eigenvalue weighted by atomic mass is 79.9. The van der Waals surface area contributed by atoms with E-state index in [2.05, 4.69) is 56.6 Å². The number of benzene rings is 1. The van der Waals surface area contributed by atoms with Gasteiger partial charge in [0.15, 0.2) is 0 Å². The SMILES string of the molecule is CCCNCc1ccc(Br)cc1N1CCNC(=O)C1. The monoisotopic (exact) mass is 325 g/mol. The van der Waals surface area contributed by atoms with Gasteiger partial charge < -0.3 is 15.5 Å². The van der Waals surface area contributed by atoms with Crippen LogP contribution < -0.4 is 15.5 Å². The summed E-state index contributed by atoms with van der Waals surface area (Å²) in [6, 6.07) is 6.27. The normalized spacial score (nSPS) is 15.5. The second kappa shape index (κ2) is 6.91. The van der Waals surface area contributed by atoms with Gasteiger partial charge in [-0.25, -0.2) is 0 Å². The molecule has 1 heterocycles. The Morgan fingerprint density at radius 3 is 3.05 bits per heavy atom. The van der Waals surface area contributed by atoms with E-state index in [9.17, 15) is 4.79 Å². The standard InChI is InChI=1S/C14H20BrN3O/c1-2-5-16-9-11-3-4-12(15)8-13(11)18-7-6-17-14(19)10-18/h3-4,8,16H,2,5-7,9-10H2,1H3,(H,17,19). The molecule has 1 amide bonds. The predicted molar refractivity (Wildman–Crippen MR) is 81.4 cm³/mol. The van der Waals surface area contributed by atoms with Crippen molar-refractivity contribution < 1.29 is 4.79 Å². The van der Waals surface area contributed by atoms with Crippen molar-refractivity contribution in [2.24, 2.45) is 0 Å². The minimum Gasteiger partial charge on any atom is -0.360 e. The lowest BCUT2D eigenvalue weighted by atomic mass is 10.1. The number of nitrogens with one attached hydrogen (secondary N) is 2. The Morgan fingerprint density at radius 1 is 1.47 bits per heavy atom. The molecular formula is C14H20BrN3O. The van der Waals surface area contributed by atoms with Crippen molar-refractivity contribution in [2.75, 3.05) is 31.1 Å². The van der Waals surface area contributed by atoms with E-state index >= 15 is 0 Å². The minimum atomic E-state index is 0.0960. The van der Waals surface area contributed by atoms with Crippen molar-refractivity contribution in [1.82, 2.24) is 10.6 Å². The highest BCUT2D eigenvalue weighted by Gasteiger charge is 2.18. The van der Waals surface area contributed by atoms with Crippen LogP contribution in [-0.4, -0.2) is 32.1 Å². The van der Waals surface area contributed by atoms with Crippen LogP contribution in [0.4, 0.5) is 5.69 Å². The van der Waals surface area contributed by atoms with Crippen molar-refractivity contribution in [3.8, 4) is 0 Å². The summed E-state index contributed by atoms with van der Waals surface area (Å²) in [5, 5.41) is 6.28. The number of rotatable bonds is 5. The quantitative estimate of drug-likeness (QED) is 0.812. The second-order valence-corrected chi connectivity index (χ2v) is 5.64. The molecule has 0 atom stereocenters. The Morgan fingerprint density at radius 2 is 2.32 bits per heavy atom. The zero-order valence-electron chi connectivity index (χ0n) is 11.2. The molecule has 1 saturated heterocycles. The number of nitrogens with zero attached hydrogens (tertiary/aromatic N) is 1. The maximum absolute atomic E-state index is 11.5. The highest BCUT2D eigenvalue weighted by Crippen LogP contribution is 2.25. The molecule has 0 aliphatic carbocycles. The molecule has 1 aromatic rings. The van der Waals surface area contributed by atoms with E-state index in [1.165, 1.54) is 5.56 Å². The van der Waals surface area contributed by atoms with Gasteiger partial charge in [-0.15, -0.1) is 0 Å². The fourth-order valence-electron chi connectivity index (χ4n) is 2.22. The third kappa shape index (κ3) is 3.94. The summed E-state index contributed by atoms with van der Waals surface area (Å²) in [7, 11) is 0. The number of carbonyl (C=O) groups is 1. The summed E-state index contributed by atoms with van der Waals surface area (Å²) in [6.45, 7) is 6.03. The zero-order chi connectivity index (χ0) is 13.7. The molecule has 0 spiro atoms. The van der Waals surface area contributed by atoms with Gasteiger partial charge in [-0.05, 0) is 30.7 Å². The molecule has 0 radical (unpaired) electrons. The first kappa shape index (κ1) is 14.3. The van der Waals surface area contributed by atoms with Gasteiger partial charge in [-0.3, -0.25) is 4.79 Å². The highest BCUT2D eigenvalue weighted by molar-refractivity contribution is 9.10. The average molecular weight is 326 g/mol. The lowest BCUT2D eigenvalue weighted by molar-refractivity contribution is -0.120. The molecule has 19 heavy (non-hydrogen) atoms. The summed E-state index contributed by atoms with van der Waals surface area (Å²) < 4.78 is 1.05. The number of halogens is 1. The van der Waals surface area contributed by atoms with E-state index in [0.29, 0.717) is 13.1 Å². The summed E-state index contributed by atoms with van der Waals surface area (Å²) in [6.07, 6.45) is 1.12. The van der Waals surface area contributed by atoms with Crippen LogP contribution in [0.3, 0.4) is 0 Å². The molecule has 1 aromatic carbocycles. The molecular weight excluding hydrogens is 306 g/mol. The largest absolute Gasteiger partial charge is 0.360 e. The summed E-state index contributed by atoms with van der Waals surface area (Å²) in [5.41, 5.74) is 2.39. The van der Waals surface area contributed by atoms with Crippen LogP contribution >= 0.6 is 15.9 Å². The molecule has 0 unspecified atom stereocenters. The minimum absolute atomic E-state index is 0.0960. The van der Waals surface area contributed by atoms with Gasteiger partial charge in [0.1, 0.15) is 0 Å². The van der Waals surface area contributed by atoms with Crippen molar-refractivity contribution in [2.45, 2.75) is 19.9 Å². The van der Waals surface area contributed by atoms with Crippen LogP contribution in [0.25, 0.3) is 0 Å². The molecule has 2 N–H and O–H groups in total. The Kier molecular flexibility index (Phi) is 5.22. The number of carbonyl (C=O) groups excluding carboxylic acids is 1. The van der Waals surface area contributed by atoms with Crippen molar-refractivity contribution >= 4 is 27.5 Å². The topological polar surface area (TPSA) is 44.4 Å². The van der Waals surface area contributed by atoms with Crippen LogP contribution in [0.1, 0.15) is 18.9 Å². The maximum atomic E-state index is 11.5. The van der Waals surface area contributed by atoms with Gasteiger partial charge >= 0.3 is 0 Å². The Balaban J connectivity index is 2.16. The molecule has 0 aromatic heterocycles. The molecule has 0 saturated carbocycles. The first-order valence-electron chi connectivity index (χ1n) is 6.71. The van der Waals surface area contributed by atoms with Crippen LogP contribution in [-0.2, 0) is 11.3 Å². The first-order chi connectivity index (χ1) is 9.20. The molecule has 5 heteroatoms. The molecule has 4 nitrogen and oxygen atoms in total. The summed E-state index contributed by atoms with van der Waals surface area (Å²) >= 11 is 3.51. The fourth-order valence-corrected chi connectivity index (χ4v) is 2.57. The summed E-state index contributed by atoms with van der Waals surface area (Å²) in [4.78, 5) is 13.7. The van der Waals surface area contributed by atoms with Gasteiger partial charge in [-0.2, -0.15) is 0 Å². The number of piperazine rings is 1. The Bertz CT molecular complexity index is 450. The van der Waals surface area contributed by atoms with Crippen molar-refractivity contribution in [3.05, 3.63) is 28.2 Å². The number of hydrogen-bond acceptors (Lipinski definition) is 3. The number of amides is 1.